The monoisotopic (exact) mass is 278 g/mol. The van der Waals surface area contributed by atoms with E-state index in [0.717, 1.165) is 5.56 Å². The number of esters is 2. The molecule has 2 rings (SSSR count). The van der Waals surface area contributed by atoms with Gasteiger partial charge in [-0.05, 0) is 5.56 Å². The highest BCUT2D eigenvalue weighted by atomic mass is 16.6. The van der Waals surface area contributed by atoms with Crippen LogP contribution >= 0.6 is 0 Å². The summed E-state index contributed by atoms with van der Waals surface area (Å²) in [6.07, 6.45) is -0.402. The number of hydrogen-bond acceptors (Lipinski definition) is 5. The first kappa shape index (κ1) is 14.5. The van der Waals surface area contributed by atoms with Crippen LogP contribution in [0.25, 0.3) is 0 Å². The lowest BCUT2D eigenvalue weighted by molar-refractivity contribution is -0.154. The molecule has 0 bridgehead atoms. The molecule has 20 heavy (non-hydrogen) atoms. The molecule has 0 spiro atoms. The Hall–Kier alpha value is -1.88. The van der Waals surface area contributed by atoms with Gasteiger partial charge in [-0.2, -0.15) is 0 Å². The molecule has 1 aromatic rings. The van der Waals surface area contributed by atoms with Gasteiger partial charge >= 0.3 is 11.9 Å². The van der Waals surface area contributed by atoms with Crippen molar-refractivity contribution >= 4 is 11.9 Å². The molecule has 1 aliphatic rings. The zero-order chi connectivity index (χ0) is 14.5. The fourth-order valence-corrected chi connectivity index (χ4v) is 2.28. The van der Waals surface area contributed by atoms with Crippen LogP contribution < -0.4 is 0 Å². The molecule has 1 saturated heterocycles. The van der Waals surface area contributed by atoms with E-state index in [-0.39, 0.29) is 24.6 Å². The second-order valence-electron chi connectivity index (χ2n) is 4.76. The minimum Gasteiger partial charge on any atom is -0.463 e. The second kappa shape index (κ2) is 6.52. The van der Waals surface area contributed by atoms with E-state index >= 15 is 0 Å². The van der Waals surface area contributed by atoms with Crippen LogP contribution in [0.1, 0.15) is 31.9 Å². The standard InChI is InChI=1S/C15H18O5/c1-10(16)18-9-15-14(19-11(2)17)8-13(20-15)12-6-4-3-5-7-12/h3-7,13-15H,8-9H2,1-2H3/t13-,14+,15-/m1/s1. The van der Waals surface area contributed by atoms with E-state index in [1.807, 2.05) is 30.3 Å². The summed E-state index contributed by atoms with van der Waals surface area (Å²) in [6, 6.07) is 9.71. The molecule has 1 aliphatic heterocycles. The van der Waals surface area contributed by atoms with Gasteiger partial charge in [0.05, 0.1) is 6.10 Å². The SMILES string of the molecule is CC(=O)OC[C@H]1O[C@@H](c2ccccc2)C[C@@H]1OC(C)=O. The van der Waals surface area contributed by atoms with Crippen molar-refractivity contribution in [3.05, 3.63) is 35.9 Å². The van der Waals surface area contributed by atoms with Gasteiger partial charge in [-0.25, -0.2) is 0 Å². The minimum atomic E-state index is -0.423. The van der Waals surface area contributed by atoms with Gasteiger partial charge < -0.3 is 14.2 Å². The highest BCUT2D eigenvalue weighted by Crippen LogP contribution is 2.34. The maximum Gasteiger partial charge on any atom is 0.302 e. The van der Waals surface area contributed by atoms with E-state index in [1.165, 1.54) is 13.8 Å². The van der Waals surface area contributed by atoms with Gasteiger partial charge in [0.15, 0.2) is 0 Å². The summed E-state index contributed by atoms with van der Waals surface area (Å²) in [5, 5.41) is 0. The Morgan fingerprint density at radius 2 is 1.90 bits per heavy atom. The summed E-state index contributed by atoms with van der Waals surface area (Å²) in [5.74, 6) is -0.738. The first-order valence-corrected chi connectivity index (χ1v) is 6.57. The van der Waals surface area contributed by atoms with E-state index in [4.69, 9.17) is 14.2 Å². The molecule has 5 nitrogen and oxygen atoms in total. The van der Waals surface area contributed by atoms with Gasteiger partial charge in [-0.15, -0.1) is 0 Å². The molecule has 1 fully saturated rings. The van der Waals surface area contributed by atoms with Gasteiger partial charge in [0.1, 0.15) is 18.8 Å². The summed E-state index contributed by atoms with van der Waals surface area (Å²) >= 11 is 0. The fourth-order valence-electron chi connectivity index (χ4n) is 2.28. The Morgan fingerprint density at radius 3 is 2.50 bits per heavy atom. The van der Waals surface area contributed by atoms with Gasteiger partial charge in [0, 0.05) is 20.3 Å². The quantitative estimate of drug-likeness (QED) is 0.788. The number of rotatable bonds is 4. The molecule has 0 amide bonds. The van der Waals surface area contributed by atoms with Crippen LogP contribution in [0.3, 0.4) is 0 Å². The number of benzene rings is 1. The maximum absolute atomic E-state index is 11.1. The average molecular weight is 278 g/mol. The Kier molecular flexibility index (Phi) is 4.74. The summed E-state index contributed by atoms with van der Waals surface area (Å²) in [7, 11) is 0. The van der Waals surface area contributed by atoms with Gasteiger partial charge in [0.25, 0.3) is 0 Å². The predicted octanol–water partition coefficient (Wildman–Crippen LogP) is 2.01. The van der Waals surface area contributed by atoms with Crippen LogP contribution in [0.4, 0.5) is 0 Å². The molecule has 0 N–H and O–H groups in total. The molecule has 108 valence electrons. The van der Waals surface area contributed by atoms with Crippen molar-refractivity contribution in [2.24, 2.45) is 0 Å². The van der Waals surface area contributed by atoms with Crippen LogP contribution in [-0.2, 0) is 23.8 Å². The number of ether oxygens (including phenoxy) is 3. The summed E-state index contributed by atoms with van der Waals surface area (Å²) in [4.78, 5) is 22.0. The number of carbonyl (C=O) groups is 2. The molecule has 0 aliphatic carbocycles. The van der Waals surface area contributed by atoms with Crippen LogP contribution in [0.5, 0.6) is 0 Å². The third-order valence-electron chi connectivity index (χ3n) is 3.14. The third kappa shape index (κ3) is 3.81. The van der Waals surface area contributed by atoms with Crippen molar-refractivity contribution < 1.29 is 23.8 Å². The molecular formula is C15H18O5. The van der Waals surface area contributed by atoms with Crippen molar-refractivity contribution in [2.75, 3.05) is 6.61 Å². The Balaban J connectivity index is 2.05. The van der Waals surface area contributed by atoms with Gasteiger partial charge in [-0.1, -0.05) is 30.3 Å². The zero-order valence-corrected chi connectivity index (χ0v) is 11.6. The smallest absolute Gasteiger partial charge is 0.302 e. The molecule has 1 aromatic carbocycles. The molecular weight excluding hydrogens is 260 g/mol. The zero-order valence-electron chi connectivity index (χ0n) is 11.6. The highest BCUT2D eigenvalue weighted by molar-refractivity contribution is 5.66. The lowest BCUT2D eigenvalue weighted by Gasteiger charge is -2.17. The Labute approximate surface area is 117 Å². The van der Waals surface area contributed by atoms with Gasteiger partial charge in [0.2, 0.25) is 0 Å². The molecule has 3 atom stereocenters. The lowest BCUT2D eigenvalue weighted by atomic mass is 10.0. The van der Waals surface area contributed by atoms with Crippen LogP contribution in [0.15, 0.2) is 30.3 Å². The normalized spacial score (nSPS) is 25.2. The molecule has 1 heterocycles. The first-order valence-electron chi connectivity index (χ1n) is 6.57. The molecule has 0 radical (unpaired) electrons. The average Bonchev–Trinajstić information content (AvgIpc) is 2.80. The van der Waals surface area contributed by atoms with Crippen molar-refractivity contribution in [1.82, 2.24) is 0 Å². The van der Waals surface area contributed by atoms with Crippen molar-refractivity contribution in [3.8, 4) is 0 Å². The maximum atomic E-state index is 11.1. The van der Waals surface area contributed by atoms with Crippen LogP contribution in [0.2, 0.25) is 0 Å². The van der Waals surface area contributed by atoms with Crippen molar-refractivity contribution in [3.63, 3.8) is 0 Å². The van der Waals surface area contributed by atoms with Gasteiger partial charge in [-0.3, -0.25) is 9.59 Å². The van der Waals surface area contributed by atoms with E-state index in [0.29, 0.717) is 6.42 Å². The van der Waals surface area contributed by atoms with E-state index < -0.39 is 12.2 Å². The number of hydrogen-bond donors (Lipinski definition) is 0. The van der Waals surface area contributed by atoms with Crippen molar-refractivity contribution in [2.45, 2.75) is 38.6 Å². The topological polar surface area (TPSA) is 61.8 Å². The number of carbonyl (C=O) groups excluding carboxylic acids is 2. The fraction of sp³-hybridized carbons (Fsp3) is 0.467. The minimum absolute atomic E-state index is 0.0939. The van der Waals surface area contributed by atoms with Crippen LogP contribution in [-0.4, -0.2) is 30.8 Å². The lowest BCUT2D eigenvalue weighted by Crippen LogP contribution is -2.31. The predicted molar refractivity (Wildman–Crippen MR) is 70.9 cm³/mol. The second-order valence-corrected chi connectivity index (χ2v) is 4.76. The Bertz CT molecular complexity index is 470. The Morgan fingerprint density at radius 1 is 1.20 bits per heavy atom. The first-order chi connectivity index (χ1) is 9.56. The summed E-state index contributed by atoms with van der Waals surface area (Å²) in [5.41, 5.74) is 1.02. The van der Waals surface area contributed by atoms with E-state index in [2.05, 4.69) is 0 Å². The largest absolute Gasteiger partial charge is 0.463 e. The molecule has 0 saturated carbocycles. The van der Waals surface area contributed by atoms with E-state index in [9.17, 15) is 9.59 Å². The molecule has 0 aromatic heterocycles. The third-order valence-corrected chi connectivity index (χ3v) is 3.14. The molecule has 0 unspecified atom stereocenters. The summed E-state index contributed by atoms with van der Waals surface area (Å²) in [6.45, 7) is 2.79. The van der Waals surface area contributed by atoms with Crippen molar-refractivity contribution in [1.29, 1.82) is 0 Å². The van der Waals surface area contributed by atoms with Crippen LogP contribution in [0, 0.1) is 0 Å². The van der Waals surface area contributed by atoms with E-state index in [1.54, 1.807) is 0 Å². The highest BCUT2D eigenvalue weighted by Gasteiger charge is 2.38. The summed E-state index contributed by atoms with van der Waals surface area (Å²) < 4.78 is 16.1. The molecule has 5 heteroatoms.